The van der Waals surface area contributed by atoms with Crippen LogP contribution in [0.25, 0.3) is 0 Å². The molecular weight excluding hydrogens is 204 g/mol. The summed E-state index contributed by atoms with van der Waals surface area (Å²) in [5.41, 5.74) is 4.04. The van der Waals surface area contributed by atoms with Crippen molar-refractivity contribution in [3.8, 4) is 0 Å². The van der Waals surface area contributed by atoms with Gasteiger partial charge in [0.2, 0.25) is 0 Å². The van der Waals surface area contributed by atoms with Gasteiger partial charge in [-0.3, -0.25) is 0 Å². The van der Waals surface area contributed by atoms with E-state index < -0.39 is 10.8 Å². The Kier molecular flexibility index (Phi) is 4.29. The smallest absolute Gasteiger partial charge is 0.0928 e. The fourth-order valence-electron chi connectivity index (χ4n) is 1.09. The third-order valence-electron chi connectivity index (χ3n) is 1.72. The molecule has 0 N–H and O–H groups in total. The average molecular weight is 218 g/mol. The molecule has 1 atom stereocenters. The Hall–Kier alpha value is -1.37. The van der Waals surface area contributed by atoms with E-state index in [1.165, 1.54) is 0 Å². The minimum atomic E-state index is -1.18. The summed E-state index contributed by atoms with van der Waals surface area (Å²) >= 11 is 0. The van der Waals surface area contributed by atoms with Crippen molar-refractivity contribution in [3.63, 3.8) is 0 Å². The van der Waals surface area contributed by atoms with Crippen LogP contribution in [-0.4, -0.2) is 4.21 Å². The van der Waals surface area contributed by atoms with E-state index in [0.717, 1.165) is 10.5 Å². The van der Waals surface area contributed by atoms with Crippen LogP contribution in [0, 0.1) is 0 Å². The lowest BCUT2D eigenvalue weighted by Crippen LogP contribution is -1.92. The van der Waals surface area contributed by atoms with Crippen LogP contribution >= 0.6 is 0 Å². The van der Waals surface area contributed by atoms with Crippen LogP contribution in [0.1, 0.15) is 13.8 Å². The molecule has 78 valence electrons. The van der Waals surface area contributed by atoms with Gasteiger partial charge >= 0.3 is 0 Å². The summed E-state index contributed by atoms with van der Waals surface area (Å²) in [5.74, 6) is 0. The maximum absolute atomic E-state index is 12.0. The molecule has 0 saturated heterocycles. The predicted octanol–water partition coefficient (Wildman–Crippen LogP) is 3.43. The largest absolute Gasteiger partial charge is 0.248 e. The molecule has 1 aromatic carbocycles. The van der Waals surface area contributed by atoms with Gasteiger partial charge in [-0.25, -0.2) is 4.21 Å². The second-order valence-corrected chi connectivity index (χ2v) is 4.72. The minimum Gasteiger partial charge on any atom is -0.248 e. The Labute approximate surface area is 93.3 Å². The molecule has 0 aromatic heterocycles. The summed E-state index contributed by atoms with van der Waals surface area (Å²) in [4.78, 5) is 1.40. The van der Waals surface area contributed by atoms with Crippen molar-refractivity contribution in [2.75, 3.05) is 0 Å². The standard InChI is InChI=1S/C13H14OS/c1-4-12(10-11(2)3)15(14)13-8-6-5-7-9-13/h4-9H,1H2,2-3H3. The Bertz CT molecular complexity index is 433. The van der Waals surface area contributed by atoms with Crippen LogP contribution in [0.15, 0.2) is 64.1 Å². The molecule has 0 fully saturated rings. The second kappa shape index (κ2) is 5.50. The molecule has 0 aliphatic heterocycles. The zero-order valence-electron chi connectivity index (χ0n) is 8.99. The van der Waals surface area contributed by atoms with Crippen LogP contribution in [-0.2, 0) is 10.8 Å². The lowest BCUT2D eigenvalue weighted by atomic mass is 10.3. The molecule has 1 aromatic rings. The SMILES string of the molecule is C=CC(=C=C(C)C)S(=O)c1ccccc1. The highest BCUT2D eigenvalue weighted by Crippen LogP contribution is 2.14. The lowest BCUT2D eigenvalue weighted by molar-refractivity contribution is 0.687. The van der Waals surface area contributed by atoms with Crippen LogP contribution in [0.2, 0.25) is 0 Å². The van der Waals surface area contributed by atoms with Crippen molar-refractivity contribution in [2.24, 2.45) is 0 Å². The normalized spacial score (nSPS) is 11.3. The molecule has 0 bridgehead atoms. The number of hydrogen-bond donors (Lipinski definition) is 0. The van der Waals surface area contributed by atoms with Gasteiger partial charge in [-0.05, 0) is 37.6 Å². The lowest BCUT2D eigenvalue weighted by Gasteiger charge is -1.99. The first kappa shape index (κ1) is 11.7. The fraction of sp³-hybridized carbons (Fsp3) is 0.154. The van der Waals surface area contributed by atoms with Gasteiger partial charge in [0.15, 0.2) is 0 Å². The molecule has 0 saturated carbocycles. The van der Waals surface area contributed by atoms with Gasteiger partial charge in [-0.1, -0.05) is 24.8 Å². The Balaban J connectivity index is 3.15. The van der Waals surface area contributed by atoms with E-state index in [-0.39, 0.29) is 0 Å². The van der Waals surface area contributed by atoms with E-state index in [1.807, 2.05) is 44.2 Å². The molecule has 1 nitrogen and oxygen atoms in total. The maximum Gasteiger partial charge on any atom is 0.0928 e. The zero-order chi connectivity index (χ0) is 11.3. The van der Waals surface area contributed by atoms with E-state index in [1.54, 1.807) is 6.08 Å². The summed E-state index contributed by atoms with van der Waals surface area (Å²) in [7, 11) is -1.18. The maximum atomic E-state index is 12.0. The van der Waals surface area contributed by atoms with Crippen molar-refractivity contribution < 1.29 is 4.21 Å². The van der Waals surface area contributed by atoms with Crippen LogP contribution in [0.4, 0.5) is 0 Å². The van der Waals surface area contributed by atoms with Gasteiger partial charge in [-0.15, -0.1) is 5.73 Å². The summed E-state index contributed by atoms with van der Waals surface area (Å²) in [6, 6.07) is 9.32. The molecule has 15 heavy (non-hydrogen) atoms. The molecule has 0 aliphatic rings. The van der Waals surface area contributed by atoms with Crippen LogP contribution < -0.4 is 0 Å². The average Bonchev–Trinajstić information content (AvgIpc) is 2.26. The van der Waals surface area contributed by atoms with Crippen molar-refractivity contribution in [1.82, 2.24) is 0 Å². The first-order valence-corrected chi connectivity index (χ1v) is 5.83. The van der Waals surface area contributed by atoms with Gasteiger partial charge in [0.25, 0.3) is 0 Å². The Morgan fingerprint density at radius 1 is 1.33 bits per heavy atom. The third kappa shape index (κ3) is 3.35. The number of rotatable bonds is 3. The third-order valence-corrected chi connectivity index (χ3v) is 3.08. The van der Waals surface area contributed by atoms with Gasteiger partial charge in [-0.2, -0.15) is 0 Å². The van der Waals surface area contributed by atoms with Gasteiger partial charge < -0.3 is 0 Å². The fourth-order valence-corrected chi connectivity index (χ4v) is 2.20. The minimum absolute atomic E-state index is 0.626. The molecule has 2 heteroatoms. The first-order valence-electron chi connectivity index (χ1n) is 4.68. The highest BCUT2D eigenvalue weighted by molar-refractivity contribution is 7.89. The second-order valence-electron chi connectivity index (χ2n) is 3.28. The van der Waals surface area contributed by atoms with E-state index in [0.29, 0.717) is 4.91 Å². The molecule has 0 aliphatic carbocycles. The molecule has 0 radical (unpaired) electrons. The van der Waals surface area contributed by atoms with E-state index in [4.69, 9.17) is 0 Å². The van der Waals surface area contributed by atoms with Crippen LogP contribution in [0.5, 0.6) is 0 Å². The van der Waals surface area contributed by atoms with Crippen molar-refractivity contribution in [1.29, 1.82) is 0 Å². The van der Waals surface area contributed by atoms with Gasteiger partial charge in [0.1, 0.15) is 0 Å². The Morgan fingerprint density at radius 2 is 1.93 bits per heavy atom. The van der Waals surface area contributed by atoms with E-state index in [9.17, 15) is 4.21 Å². The highest BCUT2D eigenvalue weighted by Gasteiger charge is 2.05. The molecule has 1 unspecified atom stereocenters. The summed E-state index contributed by atoms with van der Waals surface area (Å²) in [6.45, 7) is 7.50. The molecule has 0 heterocycles. The summed E-state index contributed by atoms with van der Waals surface area (Å²) in [6.07, 6.45) is 1.59. The molecule has 1 rings (SSSR count). The quantitative estimate of drug-likeness (QED) is 0.561. The number of allylic oxidation sites excluding steroid dienone is 1. The van der Waals surface area contributed by atoms with E-state index >= 15 is 0 Å². The number of hydrogen-bond acceptors (Lipinski definition) is 1. The highest BCUT2D eigenvalue weighted by atomic mass is 32.2. The van der Waals surface area contributed by atoms with Gasteiger partial charge in [0, 0.05) is 4.90 Å². The Morgan fingerprint density at radius 3 is 2.40 bits per heavy atom. The predicted molar refractivity (Wildman–Crippen MR) is 64.9 cm³/mol. The topological polar surface area (TPSA) is 17.1 Å². The number of benzene rings is 1. The summed E-state index contributed by atoms with van der Waals surface area (Å²) in [5, 5.41) is 0. The summed E-state index contributed by atoms with van der Waals surface area (Å²) < 4.78 is 12.0. The van der Waals surface area contributed by atoms with Crippen molar-refractivity contribution in [2.45, 2.75) is 18.7 Å². The first-order chi connectivity index (χ1) is 7.15. The van der Waals surface area contributed by atoms with Gasteiger partial charge in [0.05, 0.1) is 15.7 Å². The van der Waals surface area contributed by atoms with E-state index in [2.05, 4.69) is 12.3 Å². The van der Waals surface area contributed by atoms with Crippen molar-refractivity contribution in [3.05, 3.63) is 59.2 Å². The molecule has 0 amide bonds. The molecule has 0 spiro atoms. The van der Waals surface area contributed by atoms with Crippen molar-refractivity contribution >= 4 is 10.8 Å². The monoisotopic (exact) mass is 218 g/mol. The van der Waals surface area contributed by atoms with Crippen LogP contribution in [0.3, 0.4) is 0 Å². The molecular formula is C13H14OS. The zero-order valence-corrected chi connectivity index (χ0v) is 9.80.